The molecule has 7 N–H and O–H groups in total. The van der Waals surface area contributed by atoms with Crippen LogP contribution in [0.1, 0.15) is 11.6 Å². The first kappa shape index (κ1) is 11.7. The second-order valence-electron chi connectivity index (χ2n) is 3.67. The molecule has 0 spiro atoms. The molecule has 102 valence electrons. The van der Waals surface area contributed by atoms with E-state index in [1.54, 1.807) is 0 Å². The van der Waals surface area contributed by atoms with E-state index >= 15 is 0 Å². The Bertz CT molecular complexity index is 724. The Morgan fingerprint density at radius 2 is 1.70 bits per heavy atom. The first-order valence-electron chi connectivity index (χ1n) is 5.33. The summed E-state index contributed by atoms with van der Waals surface area (Å²) >= 11 is 0. The molecule has 0 unspecified atom stereocenters. The molecule has 0 saturated heterocycles. The topological polar surface area (TPSA) is 202 Å². The van der Waals surface area contributed by atoms with Crippen LogP contribution in [0.3, 0.4) is 0 Å². The van der Waals surface area contributed by atoms with Gasteiger partial charge in [-0.05, 0) is 0 Å². The number of aromatic amines is 1. The Morgan fingerprint density at radius 1 is 0.950 bits per heavy atom. The zero-order chi connectivity index (χ0) is 14.1. The lowest BCUT2D eigenvalue weighted by Crippen LogP contribution is -2.12. The molecule has 0 aliphatic carbocycles. The van der Waals surface area contributed by atoms with Crippen molar-refractivity contribution in [3.05, 3.63) is 11.6 Å². The molecule has 20 heavy (non-hydrogen) atoms. The maximum Gasteiger partial charge on any atom is 0.292 e. The van der Waals surface area contributed by atoms with Gasteiger partial charge in [-0.1, -0.05) is 0 Å². The van der Waals surface area contributed by atoms with E-state index in [1.165, 1.54) is 0 Å². The van der Waals surface area contributed by atoms with Gasteiger partial charge in [-0.2, -0.15) is 14.6 Å². The van der Waals surface area contributed by atoms with Gasteiger partial charge in [0.25, 0.3) is 5.95 Å². The molecular formula is C7H9N13. The minimum atomic E-state index is 0.00677. The van der Waals surface area contributed by atoms with Crippen LogP contribution in [0.5, 0.6) is 0 Å². The summed E-state index contributed by atoms with van der Waals surface area (Å²) in [5.41, 5.74) is 16.4. The van der Waals surface area contributed by atoms with Crippen LogP contribution in [0.25, 0.3) is 5.95 Å². The Hall–Kier alpha value is -3.38. The van der Waals surface area contributed by atoms with Gasteiger partial charge in [0, 0.05) is 0 Å². The van der Waals surface area contributed by atoms with Gasteiger partial charge < -0.3 is 17.2 Å². The summed E-state index contributed by atoms with van der Waals surface area (Å²) in [6, 6.07) is 0. The van der Waals surface area contributed by atoms with E-state index < -0.39 is 0 Å². The summed E-state index contributed by atoms with van der Waals surface area (Å²) in [6.07, 6.45) is 0.263. The number of nitrogens with one attached hydrogen (secondary N) is 1. The molecule has 0 radical (unpaired) electrons. The highest BCUT2D eigenvalue weighted by Gasteiger charge is 2.11. The highest BCUT2D eigenvalue weighted by Crippen LogP contribution is 2.06. The van der Waals surface area contributed by atoms with E-state index in [1.807, 2.05) is 0 Å². The van der Waals surface area contributed by atoms with Crippen molar-refractivity contribution < 1.29 is 0 Å². The summed E-state index contributed by atoms with van der Waals surface area (Å²) in [4.78, 5) is 7.63. The molecule has 0 atom stereocenters. The number of nitrogens with zero attached hydrogens (tertiary/aromatic N) is 9. The lowest BCUT2D eigenvalue weighted by molar-refractivity contribution is 0.696. The molecule has 0 aromatic carbocycles. The van der Waals surface area contributed by atoms with E-state index in [2.05, 4.69) is 45.7 Å². The van der Waals surface area contributed by atoms with Gasteiger partial charge in [-0.15, -0.1) is 30.6 Å². The Balaban J connectivity index is 1.82. The van der Waals surface area contributed by atoms with Crippen molar-refractivity contribution in [2.75, 3.05) is 17.2 Å². The summed E-state index contributed by atoms with van der Waals surface area (Å²) in [5, 5.41) is 25.5. The van der Waals surface area contributed by atoms with Crippen LogP contribution < -0.4 is 17.2 Å². The summed E-state index contributed by atoms with van der Waals surface area (Å²) in [6.45, 7) is 0. The fourth-order valence-corrected chi connectivity index (χ4v) is 1.43. The molecule has 13 nitrogen and oxygen atoms in total. The van der Waals surface area contributed by atoms with Crippen LogP contribution in [0.15, 0.2) is 0 Å². The van der Waals surface area contributed by atoms with Crippen LogP contribution in [-0.4, -0.2) is 50.3 Å². The second-order valence-corrected chi connectivity index (χ2v) is 3.67. The fraction of sp³-hybridized carbons (Fsp3) is 0.143. The van der Waals surface area contributed by atoms with Gasteiger partial charge in [0.15, 0.2) is 5.82 Å². The van der Waals surface area contributed by atoms with Crippen LogP contribution in [0, 0.1) is 0 Å². The zero-order valence-corrected chi connectivity index (χ0v) is 9.96. The van der Waals surface area contributed by atoms with Crippen molar-refractivity contribution in [3.8, 4) is 5.95 Å². The van der Waals surface area contributed by atoms with Crippen molar-refractivity contribution >= 4 is 17.8 Å². The molecule has 3 rings (SSSR count). The van der Waals surface area contributed by atoms with Crippen molar-refractivity contribution in [1.82, 2.24) is 50.3 Å². The third-order valence-electron chi connectivity index (χ3n) is 2.22. The monoisotopic (exact) mass is 275 g/mol. The summed E-state index contributed by atoms with van der Waals surface area (Å²) < 4.78 is 1.13. The van der Waals surface area contributed by atoms with E-state index in [-0.39, 0.29) is 30.2 Å². The second kappa shape index (κ2) is 4.38. The number of nitrogen functional groups attached to an aromatic ring is 3. The van der Waals surface area contributed by atoms with Gasteiger partial charge >= 0.3 is 0 Å². The standard InChI is InChI=1S/C7H9N13/c8-4-11-2(13-16-4)1-3-14-17-7(18-15-3)20-6(10)12-5(9)19-20/h1H2,(H3,8,11,13,16)(H4,9,10,12,19). The third kappa shape index (κ3) is 2.14. The molecule has 0 bridgehead atoms. The smallest absolute Gasteiger partial charge is 0.292 e. The highest BCUT2D eigenvalue weighted by atomic mass is 15.5. The van der Waals surface area contributed by atoms with Crippen molar-refractivity contribution in [2.45, 2.75) is 6.42 Å². The lowest BCUT2D eigenvalue weighted by Gasteiger charge is -1.99. The predicted octanol–water partition coefficient (Wildman–Crippen LogP) is -2.70. The predicted molar refractivity (Wildman–Crippen MR) is 65.0 cm³/mol. The van der Waals surface area contributed by atoms with Crippen LogP contribution in [-0.2, 0) is 6.42 Å². The molecule has 0 amide bonds. The molecule has 0 aliphatic heterocycles. The van der Waals surface area contributed by atoms with Gasteiger partial charge in [0.1, 0.15) is 5.82 Å². The number of nitrogens with two attached hydrogens (primary N) is 3. The SMILES string of the molecule is Nc1n[nH]c(Cc2nnc(-n3nc(N)nc3N)nn2)n1. The summed E-state index contributed by atoms with van der Waals surface area (Å²) in [7, 11) is 0. The Kier molecular flexibility index (Phi) is 2.56. The van der Waals surface area contributed by atoms with Crippen LogP contribution in [0.2, 0.25) is 0 Å². The quantitative estimate of drug-likeness (QED) is 0.387. The van der Waals surface area contributed by atoms with Gasteiger partial charge in [0.2, 0.25) is 17.8 Å². The minimum absolute atomic E-state index is 0.00677. The number of H-pyrrole nitrogens is 1. The third-order valence-corrected chi connectivity index (χ3v) is 2.22. The number of hydrogen-bond acceptors (Lipinski definition) is 11. The highest BCUT2D eigenvalue weighted by molar-refractivity contribution is 5.31. The molecular weight excluding hydrogens is 266 g/mol. The Morgan fingerprint density at radius 3 is 2.25 bits per heavy atom. The molecule has 0 fully saturated rings. The molecule has 3 heterocycles. The molecule has 3 aromatic rings. The zero-order valence-electron chi connectivity index (χ0n) is 9.96. The molecule has 13 heteroatoms. The number of anilines is 3. The van der Waals surface area contributed by atoms with Gasteiger partial charge in [-0.3, -0.25) is 5.10 Å². The average Bonchev–Trinajstić information content (AvgIpc) is 2.96. The van der Waals surface area contributed by atoms with Gasteiger partial charge in [-0.25, -0.2) is 0 Å². The number of aromatic nitrogens is 10. The van der Waals surface area contributed by atoms with Crippen molar-refractivity contribution in [2.24, 2.45) is 0 Å². The normalized spacial score (nSPS) is 10.8. The van der Waals surface area contributed by atoms with Crippen LogP contribution in [0.4, 0.5) is 17.8 Å². The van der Waals surface area contributed by atoms with Crippen molar-refractivity contribution in [3.63, 3.8) is 0 Å². The van der Waals surface area contributed by atoms with Crippen LogP contribution >= 0.6 is 0 Å². The molecule has 3 aromatic heterocycles. The first-order chi connectivity index (χ1) is 9.61. The van der Waals surface area contributed by atoms with Gasteiger partial charge in [0.05, 0.1) is 6.42 Å². The number of rotatable bonds is 3. The first-order valence-corrected chi connectivity index (χ1v) is 5.33. The lowest BCUT2D eigenvalue weighted by atomic mass is 10.4. The van der Waals surface area contributed by atoms with E-state index in [9.17, 15) is 0 Å². The minimum Gasteiger partial charge on any atom is -0.368 e. The van der Waals surface area contributed by atoms with E-state index in [4.69, 9.17) is 17.2 Å². The van der Waals surface area contributed by atoms with E-state index in [0.29, 0.717) is 11.6 Å². The molecule has 0 aliphatic rings. The summed E-state index contributed by atoms with van der Waals surface area (Å²) in [5.74, 6) is 1.09. The number of hydrogen-bond donors (Lipinski definition) is 4. The molecule has 0 saturated carbocycles. The maximum absolute atomic E-state index is 5.57. The van der Waals surface area contributed by atoms with Crippen molar-refractivity contribution in [1.29, 1.82) is 0 Å². The van der Waals surface area contributed by atoms with E-state index in [0.717, 1.165) is 4.68 Å². The maximum atomic E-state index is 5.57. The fourth-order valence-electron chi connectivity index (χ4n) is 1.43. The largest absolute Gasteiger partial charge is 0.368 e. The Labute approximate surface area is 110 Å². The average molecular weight is 275 g/mol.